The number of ether oxygens (including phenoxy) is 1. The van der Waals surface area contributed by atoms with E-state index >= 15 is 0 Å². The van der Waals surface area contributed by atoms with E-state index in [-0.39, 0.29) is 0 Å². The molecule has 0 fully saturated rings. The van der Waals surface area contributed by atoms with Crippen molar-refractivity contribution in [3.05, 3.63) is 31.0 Å². The van der Waals surface area contributed by atoms with Crippen LogP contribution >= 0.6 is 0 Å². The molecule has 0 amide bonds. The number of nitrogens with one attached hydrogen (secondary N) is 1. The lowest BCUT2D eigenvalue weighted by Gasteiger charge is -2.14. The Morgan fingerprint density at radius 3 is 2.94 bits per heavy atom. The standard InChI is InChI=1S/C12H17N5O/c1-10(5-6-17-9-13-8-15-17)16-11-3-4-12(18-2)14-7-11/h3-4,7-10,16H,5-6H2,1-2H3/t10-/m0/s1. The van der Waals surface area contributed by atoms with Crippen LogP contribution in [-0.2, 0) is 6.54 Å². The molecule has 0 aliphatic rings. The molecule has 0 bridgehead atoms. The molecular weight excluding hydrogens is 230 g/mol. The number of aromatic nitrogens is 4. The van der Waals surface area contributed by atoms with Gasteiger partial charge in [0.2, 0.25) is 5.88 Å². The van der Waals surface area contributed by atoms with E-state index in [1.165, 1.54) is 0 Å². The molecule has 0 unspecified atom stereocenters. The summed E-state index contributed by atoms with van der Waals surface area (Å²) < 4.78 is 6.84. The fourth-order valence-electron chi connectivity index (χ4n) is 1.62. The summed E-state index contributed by atoms with van der Waals surface area (Å²) in [5.41, 5.74) is 0.988. The SMILES string of the molecule is COc1ccc(N[C@@H](C)CCn2cncn2)cn1. The largest absolute Gasteiger partial charge is 0.481 e. The third-order valence-electron chi connectivity index (χ3n) is 2.62. The van der Waals surface area contributed by atoms with Gasteiger partial charge in [-0.3, -0.25) is 4.68 Å². The summed E-state index contributed by atoms with van der Waals surface area (Å²) in [6.07, 6.45) is 6.01. The first-order valence-corrected chi connectivity index (χ1v) is 5.87. The lowest BCUT2D eigenvalue weighted by molar-refractivity contribution is 0.398. The van der Waals surface area contributed by atoms with Gasteiger partial charge in [0.1, 0.15) is 12.7 Å². The summed E-state index contributed by atoms with van der Waals surface area (Å²) in [4.78, 5) is 8.06. The van der Waals surface area contributed by atoms with Gasteiger partial charge in [-0.15, -0.1) is 0 Å². The van der Waals surface area contributed by atoms with Crippen molar-refractivity contribution in [2.45, 2.75) is 25.9 Å². The maximum absolute atomic E-state index is 5.01. The van der Waals surface area contributed by atoms with Crippen LogP contribution in [0, 0.1) is 0 Å². The highest BCUT2D eigenvalue weighted by Crippen LogP contribution is 2.12. The van der Waals surface area contributed by atoms with Gasteiger partial charge in [-0.1, -0.05) is 0 Å². The van der Waals surface area contributed by atoms with Crippen LogP contribution in [0.5, 0.6) is 5.88 Å². The van der Waals surface area contributed by atoms with Crippen LogP contribution in [0.3, 0.4) is 0 Å². The molecule has 6 nitrogen and oxygen atoms in total. The molecule has 6 heteroatoms. The normalized spacial score (nSPS) is 12.1. The molecule has 96 valence electrons. The van der Waals surface area contributed by atoms with Crippen molar-refractivity contribution in [1.29, 1.82) is 0 Å². The molecule has 18 heavy (non-hydrogen) atoms. The first-order valence-electron chi connectivity index (χ1n) is 5.87. The van der Waals surface area contributed by atoms with Gasteiger partial charge in [-0.05, 0) is 19.4 Å². The van der Waals surface area contributed by atoms with E-state index in [1.807, 2.05) is 16.8 Å². The lowest BCUT2D eigenvalue weighted by Crippen LogP contribution is -2.18. The first-order chi connectivity index (χ1) is 8.78. The van der Waals surface area contributed by atoms with Crippen molar-refractivity contribution in [2.24, 2.45) is 0 Å². The summed E-state index contributed by atoms with van der Waals surface area (Å²) in [5.74, 6) is 0.621. The van der Waals surface area contributed by atoms with Gasteiger partial charge in [-0.25, -0.2) is 9.97 Å². The minimum Gasteiger partial charge on any atom is -0.481 e. The number of rotatable bonds is 6. The molecule has 2 rings (SSSR count). The highest BCUT2D eigenvalue weighted by atomic mass is 16.5. The van der Waals surface area contributed by atoms with E-state index in [2.05, 4.69) is 27.3 Å². The van der Waals surface area contributed by atoms with Crippen molar-refractivity contribution in [2.75, 3.05) is 12.4 Å². The van der Waals surface area contributed by atoms with E-state index in [0.717, 1.165) is 18.7 Å². The van der Waals surface area contributed by atoms with E-state index in [0.29, 0.717) is 11.9 Å². The van der Waals surface area contributed by atoms with Crippen LogP contribution in [0.2, 0.25) is 0 Å². The van der Waals surface area contributed by atoms with Gasteiger partial charge in [-0.2, -0.15) is 5.10 Å². The van der Waals surface area contributed by atoms with Gasteiger partial charge >= 0.3 is 0 Å². The van der Waals surface area contributed by atoms with Gasteiger partial charge < -0.3 is 10.1 Å². The summed E-state index contributed by atoms with van der Waals surface area (Å²) in [5, 5.41) is 7.44. The summed E-state index contributed by atoms with van der Waals surface area (Å²) in [6, 6.07) is 4.13. The fourth-order valence-corrected chi connectivity index (χ4v) is 1.62. The Labute approximate surface area is 106 Å². The van der Waals surface area contributed by atoms with E-state index < -0.39 is 0 Å². The zero-order valence-electron chi connectivity index (χ0n) is 10.6. The molecule has 0 aliphatic heterocycles. The Morgan fingerprint density at radius 2 is 2.33 bits per heavy atom. The first kappa shape index (κ1) is 12.3. The lowest BCUT2D eigenvalue weighted by atomic mass is 10.2. The number of anilines is 1. The second kappa shape index (κ2) is 6.00. The Morgan fingerprint density at radius 1 is 1.44 bits per heavy atom. The summed E-state index contributed by atoms with van der Waals surface area (Å²) in [6.45, 7) is 2.97. The van der Waals surface area contributed by atoms with Crippen LogP contribution < -0.4 is 10.1 Å². The van der Waals surface area contributed by atoms with Crippen LogP contribution in [0.4, 0.5) is 5.69 Å². The van der Waals surface area contributed by atoms with Crippen LogP contribution in [0.1, 0.15) is 13.3 Å². The number of nitrogens with zero attached hydrogens (tertiary/aromatic N) is 4. The third-order valence-corrected chi connectivity index (χ3v) is 2.62. The van der Waals surface area contributed by atoms with Crippen LogP contribution in [0.15, 0.2) is 31.0 Å². The van der Waals surface area contributed by atoms with Gasteiger partial charge in [0.25, 0.3) is 0 Å². The highest BCUT2D eigenvalue weighted by molar-refractivity contribution is 5.42. The molecular formula is C12H17N5O. The highest BCUT2D eigenvalue weighted by Gasteiger charge is 2.03. The number of methoxy groups -OCH3 is 1. The third kappa shape index (κ3) is 3.44. The Hall–Kier alpha value is -2.11. The second-order valence-electron chi connectivity index (χ2n) is 4.08. The van der Waals surface area contributed by atoms with Crippen molar-refractivity contribution in [3.8, 4) is 5.88 Å². The minimum absolute atomic E-state index is 0.337. The molecule has 1 N–H and O–H groups in total. The minimum atomic E-state index is 0.337. The molecule has 0 radical (unpaired) electrons. The Kier molecular flexibility index (Phi) is 4.11. The topological polar surface area (TPSA) is 64.9 Å². The molecule has 0 aromatic carbocycles. The maximum Gasteiger partial charge on any atom is 0.213 e. The van der Waals surface area contributed by atoms with Crippen LogP contribution in [-0.4, -0.2) is 32.9 Å². The zero-order valence-corrected chi connectivity index (χ0v) is 10.6. The number of pyridine rings is 1. The van der Waals surface area contributed by atoms with Crippen molar-refractivity contribution >= 4 is 5.69 Å². The molecule has 2 aromatic rings. The molecule has 0 saturated heterocycles. The molecule has 0 saturated carbocycles. The molecule has 0 spiro atoms. The number of aryl methyl sites for hydroxylation is 1. The zero-order chi connectivity index (χ0) is 12.8. The summed E-state index contributed by atoms with van der Waals surface area (Å²) in [7, 11) is 1.61. The average Bonchev–Trinajstić information content (AvgIpc) is 2.90. The van der Waals surface area contributed by atoms with E-state index in [4.69, 9.17) is 4.74 Å². The summed E-state index contributed by atoms with van der Waals surface area (Å²) >= 11 is 0. The van der Waals surface area contributed by atoms with Gasteiger partial charge in [0.15, 0.2) is 0 Å². The number of hydrogen-bond acceptors (Lipinski definition) is 5. The second-order valence-corrected chi connectivity index (χ2v) is 4.08. The van der Waals surface area contributed by atoms with Gasteiger partial charge in [0, 0.05) is 18.7 Å². The van der Waals surface area contributed by atoms with Crippen molar-refractivity contribution in [1.82, 2.24) is 19.7 Å². The Bertz CT molecular complexity index is 454. The van der Waals surface area contributed by atoms with E-state index in [9.17, 15) is 0 Å². The predicted octanol–water partition coefficient (Wildman–Crippen LogP) is 1.57. The van der Waals surface area contributed by atoms with Crippen molar-refractivity contribution < 1.29 is 4.74 Å². The number of hydrogen-bond donors (Lipinski definition) is 1. The fraction of sp³-hybridized carbons (Fsp3) is 0.417. The Balaban J connectivity index is 1.80. The van der Waals surface area contributed by atoms with Gasteiger partial charge in [0.05, 0.1) is 19.0 Å². The monoisotopic (exact) mass is 247 g/mol. The average molecular weight is 247 g/mol. The molecule has 2 aromatic heterocycles. The molecule has 0 aliphatic carbocycles. The smallest absolute Gasteiger partial charge is 0.213 e. The maximum atomic E-state index is 5.01. The quantitative estimate of drug-likeness (QED) is 0.839. The molecule has 2 heterocycles. The van der Waals surface area contributed by atoms with E-state index in [1.54, 1.807) is 26.0 Å². The van der Waals surface area contributed by atoms with Crippen molar-refractivity contribution in [3.63, 3.8) is 0 Å². The predicted molar refractivity (Wildman–Crippen MR) is 68.5 cm³/mol. The van der Waals surface area contributed by atoms with Crippen LogP contribution in [0.25, 0.3) is 0 Å². The molecule has 1 atom stereocenters.